The molecular formula is C24H19N3O3. The second-order valence-electron chi connectivity index (χ2n) is 6.61. The number of methoxy groups -OCH3 is 1. The third-order valence-corrected chi connectivity index (χ3v) is 4.73. The molecule has 0 saturated carbocycles. The summed E-state index contributed by atoms with van der Waals surface area (Å²) in [5.41, 5.74) is 3.66. The van der Waals surface area contributed by atoms with Gasteiger partial charge in [0.2, 0.25) is 0 Å². The van der Waals surface area contributed by atoms with Crippen LogP contribution in [0.4, 0.5) is 5.69 Å². The van der Waals surface area contributed by atoms with E-state index in [9.17, 15) is 9.59 Å². The van der Waals surface area contributed by atoms with E-state index in [1.807, 2.05) is 48.5 Å². The molecule has 4 aromatic carbocycles. The van der Waals surface area contributed by atoms with Gasteiger partial charge in [-0.15, -0.1) is 0 Å². The van der Waals surface area contributed by atoms with Crippen LogP contribution in [0.25, 0.3) is 21.5 Å². The van der Waals surface area contributed by atoms with Gasteiger partial charge in [-0.25, -0.2) is 5.43 Å². The van der Waals surface area contributed by atoms with Crippen LogP contribution in [-0.4, -0.2) is 25.1 Å². The number of benzene rings is 4. The zero-order valence-electron chi connectivity index (χ0n) is 16.3. The summed E-state index contributed by atoms with van der Waals surface area (Å²) in [6.45, 7) is 0. The average Bonchev–Trinajstić information content (AvgIpc) is 2.79. The van der Waals surface area contributed by atoms with Crippen molar-refractivity contribution in [1.29, 1.82) is 0 Å². The van der Waals surface area contributed by atoms with E-state index in [4.69, 9.17) is 4.74 Å². The average molecular weight is 397 g/mol. The SMILES string of the molecule is COc1ccc(NC(=O)C(=O)N/N=C/c2c3ccccc3cc3ccccc23)cc1. The fourth-order valence-electron chi connectivity index (χ4n) is 3.26. The number of hydrogen-bond acceptors (Lipinski definition) is 4. The van der Waals surface area contributed by atoms with E-state index in [0.717, 1.165) is 27.1 Å². The number of ether oxygens (including phenoxy) is 1. The number of rotatable bonds is 4. The summed E-state index contributed by atoms with van der Waals surface area (Å²) in [6, 6.07) is 24.7. The molecule has 0 aliphatic carbocycles. The lowest BCUT2D eigenvalue weighted by molar-refractivity contribution is -0.136. The van der Waals surface area contributed by atoms with Crippen molar-refractivity contribution in [2.45, 2.75) is 0 Å². The number of nitrogens with zero attached hydrogens (tertiary/aromatic N) is 1. The molecule has 0 bridgehead atoms. The van der Waals surface area contributed by atoms with E-state index in [1.165, 1.54) is 0 Å². The molecule has 4 rings (SSSR count). The Balaban J connectivity index is 1.52. The predicted octanol–water partition coefficient (Wildman–Crippen LogP) is 4.09. The second-order valence-corrected chi connectivity index (χ2v) is 6.61. The maximum atomic E-state index is 12.1. The highest BCUT2D eigenvalue weighted by Crippen LogP contribution is 2.27. The van der Waals surface area contributed by atoms with Crippen LogP contribution in [-0.2, 0) is 9.59 Å². The zero-order valence-corrected chi connectivity index (χ0v) is 16.3. The lowest BCUT2D eigenvalue weighted by Gasteiger charge is -2.08. The zero-order chi connectivity index (χ0) is 20.9. The monoisotopic (exact) mass is 397 g/mol. The quantitative estimate of drug-likeness (QED) is 0.236. The molecule has 0 aliphatic heterocycles. The summed E-state index contributed by atoms with van der Waals surface area (Å²) in [4.78, 5) is 24.2. The van der Waals surface area contributed by atoms with Crippen LogP contribution in [0.2, 0.25) is 0 Å². The largest absolute Gasteiger partial charge is 0.497 e. The molecule has 0 fully saturated rings. The predicted molar refractivity (Wildman–Crippen MR) is 119 cm³/mol. The lowest BCUT2D eigenvalue weighted by Crippen LogP contribution is -2.32. The van der Waals surface area contributed by atoms with Gasteiger partial charge in [0, 0.05) is 11.3 Å². The van der Waals surface area contributed by atoms with Gasteiger partial charge in [0.05, 0.1) is 13.3 Å². The van der Waals surface area contributed by atoms with Crippen molar-refractivity contribution >= 4 is 45.3 Å². The van der Waals surface area contributed by atoms with Crippen molar-refractivity contribution < 1.29 is 14.3 Å². The maximum absolute atomic E-state index is 12.1. The van der Waals surface area contributed by atoms with Crippen molar-refractivity contribution in [2.75, 3.05) is 12.4 Å². The molecule has 0 saturated heterocycles. The van der Waals surface area contributed by atoms with E-state index in [2.05, 4.69) is 21.9 Å². The molecule has 0 aliphatic rings. The first kappa shape index (κ1) is 19.1. The third-order valence-electron chi connectivity index (χ3n) is 4.73. The Bertz CT molecular complexity index is 1210. The van der Waals surface area contributed by atoms with Crippen LogP contribution in [0.15, 0.2) is 84.0 Å². The van der Waals surface area contributed by atoms with Gasteiger partial charge in [0.25, 0.3) is 0 Å². The van der Waals surface area contributed by atoms with Crippen molar-refractivity contribution in [1.82, 2.24) is 5.43 Å². The molecule has 148 valence electrons. The molecule has 6 heteroatoms. The fourth-order valence-corrected chi connectivity index (χ4v) is 3.26. The Hall–Kier alpha value is -4.19. The molecule has 2 N–H and O–H groups in total. The van der Waals surface area contributed by atoms with Crippen LogP contribution >= 0.6 is 0 Å². The summed E-state index contributed by atoms with van der Waals surface area (Å²) < 4.78 is 5.07. The van der Waals surface area contributed by atoms with Gasteiger partial charge in [0.15, 0.2) is 0 Å². The Kier molecular flexibility index (Phi) is 5.39. The van der Waals surface area contributed by atoms with Gasteiger partial charge >= 0.3 is 11.8 Å². The van der Waals surface area contributed by atoms with Crippen LogP contribution < -0.4 is 15.5 Å². The minimum atomic E-state index is -0.855. The molecule has 0 atom stereocenters. The molecule has 0 aromatic heterocycles. The molecule has 0 radical (unpaired) electrons. The van der Waals surface area contributed by atoms with Crippen LogP contribution in [0.5, 0.6) is 5.75 Å². The van der Waals surface area contributed by atoms with E-state index in [1.54, 1.807) is 37.6 Å². The molecule has 30 heavy (non-hydrogen) atoms. The molecule has 6 nitrogen and oxygen atoms in total. The molecule has 0 spiro atoms. The number of amides is 2. The van der Waals surface area contributed by atoms with Gasteiger partial charge in [0.1, 0.15) is 5.75 Å². The Morgan fingerprint density at radius 2 is 1.43 bits per heavy atom. The first-order valence-electron chi connectivity index (χ1n) is 9.34. The van der Waals surface area contributed by atoms with Gasteiger partial charge in [-0.1, -0.05) is 48.5 Å². The van der Waals surface area contributed by atoms with Crippen LogP contribution in [0.1, 0.15) is 5.56 Å². The van der Waals surface area contributed by atoms with Crippen molar-refractivity contribution in [3.05, 3.63) is 84.4 Å². The number of fused-ring (bicyclic) bond motifs is 2. The number of carbonyl (C=O) groups excluding carboxylic acids is 2. The standard InChI is InChI=1S/C24H19N3O3/c1-30-19-12-10-18(11-13-19)26-23(28)24(29)27-25-15-22-20-8-4-2-6-16(20)14-17-7-3-5-9-21(17)22/h2-15H,1H3,(H,26,28)(H,27,29)/b25-15+. The topological polar surface area (TPSA) is 79.8 Å². The highest BCUT2D eigenvalue weighted by molar-refractivity contribution is 6.39. The van der Waals surface area contributed by atoms with Crippen LogP contribution in [0.3, 0.4) is 0 Å². The summed E-state index contributed by atoms with van der Waals surface area (Å²) in [5.74, 6) is -1.00. The van der Waals surface area contributed by atoms with Gasteiger partial charge in [-0.05, 0) is 51.9 Å². The Morgan fingerprint density at radius 1 is 0.833 bits per heavy atom. The van der Waals surface area contributed by atoms with Crippen LogP contribution in [0, 0.1) is 0 Å². The van der Waals surface area contributed by atoms with Crippen molar-refractivity contribution in [3.8, 4) is 5.75 Å². The van der Waals surface area contributed by atoms with E-state index >= 15 is 0 Å². The number of carbonyl (C=O) groups is 2. The smallest absolute Gasteiger partial charge is 0.329 e. The normalized spacial score (nSPS) is 11.0. The number of nitrogens with one attached hydrogen (secondary N) is 2. The highest BCUT2D eigenvalue weighted by Gasteiger charge is 2.13. The minimum absolute atomic E-state index is 0.486. The second kappa shape index (κ2) is 8.45. The van der Waals surface area contributed by atoms with Crippen molar-refractivity contribution in [2.24, 2.45) is 5.10 Å². The molecular weight excluding hydrogens is 378 g/mol. The fraction of sp³-hybridized carbons (Fsp3) is 0.0417. The Labute approximate surface area is 173 Å². The Morgan fingerprint density at radius 3 is 2.03 bits per heavy atom. The molecule has 0 unspecified atom stereocenters. The number of anilines is 1. The number of hydrazone groups is 1. The van der Waals surface area contributed by atoms with E-state index in [0.29, 0.717) is 11.4 Å². The van der Waals surface area contributed by atoms with Crippen molar-refractivity contribution in [3.63, 3.8) is 0 Å². The summed E-state index contributed by atoms with van der Waals surface area (Å²) >= 11 is 0. The van der Waals surface area contributed by atoms with Gasteiger partial charge < -0.3 is 10.1 Å². The lowest BCUT2D eigenvalue weighted by atomic mass is 9.97. The third kappa shape index (κ3) is 3.98. The molecule has 0 heterocycles. The molecule has 4 aromatic rings. The number of hydrogen-bond donors (Lipinski definition) is 2. The first-order chi connectivity index (χ1) is 14.7. The highest BCUT2D eigenvalue weighted by atomic mass is 16.5. The molecule has 2 amide bonds. The summed E-state index contributed by atoms with van der Waals surface area (Å²) in [5, 5.41) is 10.7. The minimum Gasteiger partial charge on any atom is -0.497 e. The summed E-state index contributed by atoms with van der Waals surface area (Å²) in [6.07, 6.45) is 1.57. The van der Waals surface area contributed by atoms with E-state index in [-0.39, 0.29) is 0 Å². The first-order valence-corrected chi connectivity index (χ1v) is 9.34. The van der Waals surface area contributed by atoms with E-state index < -0.39 is 11.8 Å². The van der Waals surface area contributed by atoms with Gasteiger partial charge in [-0.3, -0.25) is 9.59 Å². The van der Waals surface area contributed by atoms with Gasteiger partial charge in [-0.2, -0.15) is 5.10 Å². The maximum Gasteiger partial charge on any atom is 0.329 e. The summed E-state index contributed by atoms with van der Waals surface area (Å²) in [7, 11) is 1.55.